The number of unbranched alkanes of at least 4 members (excludes halogenated alkanes) is 1. The van der Waals surface area contributed by atoms with Crippen molar-refractivity contribution in [2.45, 2.75) is 38.5 Å². The molecule has 1 N–H and O–H groups in total. The Labute approximate surface area is 152 Å². The highest BCUT2D eigenvalue weighted by Crippen LogP contribution is 2.28. The van der Waals surface area contributed by atoms with Crippen molar-refractivity contribution in [3.8, 4) is 11.4 Å². The number of amides is 2. The van der Waals surface area contributed by atoms with Gasteiger partial charge in [0.25, 0.3) is 0 Å². The number of carbonyl (C=O) groups excluding carboxylic acids is 1. The molecule has 0 spiro atoms. The Balaban J connectivity index is 1.65. The number of hydrogen-bond donors (Lipinski definition) is 1. The van der Waals surface area contributed by atoms with E-state index in [4.69, 9.17) is 16.1 Å². The number of piperidine rings is 1. The molecule has 1 aromatic carbocycles. The lowest BCUT2D eigenvalue weighted by Crippen LogP contribution is -2.45. The van der Waals surface area contributed by atoms with Crippen LogP contribution >= 0.6 is 11.6 Å². The monoisotopic (exact) mass is 362 g/mol. The van der Waals surface area contributed by atoms with E-state index in [2.05, 4.69) is 22.4 Å². The fourth-order valence-electron chi connectivity index (χ4n) is 2.99. The molecule has 2 heterocycles. The minimum atomic E-state index is -0.00673. The van der Waals surface area contributed by atoms with Crippen LogP contribution in [0.15, 0.2) is 28.8 Å². The van der Waals surface area contributed by atoms with Crippen LogP contribution in [-0.4, -0.2) is 40.7 Å². The summed E-state index contributed by atoms with van der Waals surface area (Å²) in [5.41, 5.74) is 0.826. The van der Waals surface area contributed by atoms with Gasteiger partial charge in [0, 0.05) is 30.2 Å². The second kappa shape index (κ2) is 8.34. The number of halogens is 1. The van der Waals surface area contributed by atoms with Crippen LogP contribution in [0, 0.1) is 0 Å². The lowest BCUT2D eigenvalue weighted by atomic mass is 9.98. The first kappa shape index (κ1) is 17.7. The maximum absolute atomic E-state index is 12.2. The van der Waals surface area contributed by atoms with Gasteiger partial charge >= 0.3 is 6.03 Å². The first-order valence-electron chi connectivity index (χ1n) is 8.79. The van der Waals surface area contributed by atoms with E-state index in [0.717, 1.165) is 44.3 Å². The van der Waals surface area contributed by atoms with Crippen LogP contribution in [0.2, 0.25) is 5.02 Å². The largest absolute Gasteiger partial charge is 0.339 e. The van der Waals surface area contributed by atoms with Crippen molar-refractivity contribution >= 4 is 17.6 Å². The molecule has 0 aliphatic carbocycles. The molecule has 1 atom stereocenters. The van der Waals surface area contributed by atoms with Crippen molar-refractivity contribution in [1.29, 1.82) is 0 Å². The number of rotatable bonds is 5. The van der Waals surface area contributed by atoms with E-state index in [1.807, 2.05) is 29.2 Å². The molecule has 1 saturated heterocycles. The third kappa shape index (κ3) is 4.51. The first-order chi connectivity index (χ1) is 12.2. The Bertz CT molecular complexity index is 719. The maximum atomic E-state index is 12.2. The van der Waals surface area contributed by atoms with Crippen molar-refractivity contribution < 1.29 is 9.32 Å². The predicted octanol–water partition coefficient (Wildman–Crippen LogP) is 4.08. The summed E-state index contributed by atoms with van der Waals surface area (Å²) in [6, 6.07) is 7.37. The number of nitrogens with one attached hydrogen (secondary N) is 1. The van der Waals surface area contributed by atoms with E-state index >= 15 is 0 Å². The molecular formula is C18H23ClN4O2. The van der Waals surface area contributed by atoms with Gasteiger partial charge in [0.15, 0.2) is 0 Å². The number of aromatic nitrogens is 2. The quantitative estimate of drug-likeness (QED) is 0.813. The standard InChI is InChI=1S/C18H23ClN4O2/c1-2-3-9-20-18(24)23-10-5-7-14(12-23)17-21-16(22-25-17)13-6-4-8-15(19)11-13/h4,6,8,11,14H,2-3,5,7,9-10,12H2,1H3,(H,20,24). The van der Waals surface area contributed by atoms with E-state index < -0.39 is 0 Å². The molecule has 25 heavy (non-hydrogen) atoms. The fourth-order valence-corrected chi connectivity index (χ4v) is 3.18. The van der Waals surface area contributed by atoms with Crippen molar-refractivity contribution in [2.75, 3.05) is 19.6 Å². The van der Waals surface area contributed by atoms with Crippen LogP contribution in [0.25, 0.3) is 11.4 Å². The Morgan fingerprint density at radius 3 is 3.16 bits per heavy atom. The number of urea groups is 1. The normalized spacial score (nSPS) is 17.5. The molecule has 6 nitrogen and oxygen atoms in total. The van der Waals surface area contributed by atoms with Crippen molar-refractivity contribution in [3.05, 3.63) is 35.2 Å². The van der Waals surface area contributed by atoms with Crippen LogP contribution in [0.5, 0.6) is 0 Å². The van der Waals surface area contributed by atoms with Gasteiger partial charge in [-0.3, -0.25) is 0 Å². The average molecular weight is 363 g/mol. The number of benzene rings is 1. The maximum Gasteiger partial charge on any atom is 0.317 e. The zero-order valence-corrected chi connectivity index (χ0v) is 15.1. The second-order valence-electron chi connectivity index (χ2n) is 6.34. The van der Waals surface area contributed by atoms with Crippen LogP contribution in [0.3, 0.4) is 0 Å². The molecule has 1 fully saturated rings. The Hall–Kier alpha value is -2.08. The number of hydrogen-bond acceptors (Lipinski definition) is 4. The van der Waals surface area contributed by atoms with E-state index in [0.29, 0.717) is 23.3 Å². The SMILES string of the molecule is CCCCNC(=O)N1CCCC(c2nc(-c3cccc(Cl)c3)no2)C1. The summed E-state index contributed by atoms with van der Waals surface area (Å²) in [7, 11) is 0. The number of nitrogens with zero attached hydrogens (tertiary/aromatic N) is 3. The summed E-state index contributed by atoms with van der Waals surface area (Å²) in [6.45, 7) is 4.20. The highest BCUT2D eigenvalue weighted by Gasteiger charge is 2.28. The lowest BCUT2D eigenvalue weighted by Gasteiger charge is -2.31. The topological polar surface area (TPSA) is 71.3 Å². The fraction of sp³-hybridized carbons (Fsp3) is 0.500. The van der Waals surface area contributed by atoms with Crippen molar-refractivity contribution in [1.82, 2.24) is 20.4 Å². The molecule has 1 aliphatic rings. The van der Waals surface area contributed by atoms with Crippen LogP contribution in [-0.2, 0) is 0 Å². The highest BCUT2D eigenvalue weighted by atomic mass is 35.5. The molecule has 134 valence electrons. The lowest BCUT2D eigenvalue weighted by molar-refractivity contribution is 0.172. The second-order valence-corrected chi connectivity index (χ2v) is 6.77. The summed E-state index contributed by atoms with van der Waals surface area (Å²) in [6.07, 6.45) is 3.93. The Morgan fingerprint density at radius 1 is 1.48 bits per heavy atom. The van der Waals surface area contributed by atoms with Crippen LogP contribution in [0.4, 0.5) is 4.79 Å². The molecule has 1 unspecified atom stereocenters. The van der Waals surface area contributed by atoms with Crippen molar-refractivity contribution in [2.24, 2.45) is 0 Å². The average Bonchev–Trinajstić information content (AvgIpc) is 3.12. The molecule has 0 radical (unpaired) electrons. The molecule has 2 amide bonds. The van der Waals surface area contributed by atoms with Gasteiger partial charge in [-0.1, -0.05) is 42.2 Å². The smallest absolute Gasteiger partial charge is 0.317 e. The molecule has 1 aromatic heterocycles. The van der Waals surface area contributed by atoms with Gasteiger partial charge in [-0.15, -0.1) is 0 Å². The van der Waals surface area contributed by atoms with Crippen molar-refractivity contribution in [3.63, 3.8) is 0 Å². The zero-order chi connectivity index (χ0) is 17.6. The number of carbonyl (C=O) groups is 1. The Morgan fingerprint density at radius 2 is 2.36 bits per heavy atom. The molecule has 0 saturated carbocycles. The summed E-state index contributed by atoms with van der Waals surface area (Å²) < 4.78 is 5.46. The summed E-state index contributed by atoms with van der Waals surface area (Å²) in [5.74, 6) is 1.19. The summed E-state index contributed by atoms with van der Waals surface area (Å²) in [5, 5.41) is 7.67. The molecular weight excluding hydrogens is 340 g/mol. The highest BCUT2D eigenvalue weighted by molar-refractivity contribution is 6.30. The minimum Gasteiger partial charge on any atom is -0.339 e. The van der Waals surface area contributed by atoms with Gasteiger partial charge in [0.2, 0.25) is 11.7 Å². The van der Waals surface area contributed by atoms with Gasteiger partial charge in [-0.2, -0.15) is 4.98 Å². The minimum absolute atomic E-state index is 0.00673. The molecule has 3 rings (SSSR count). The van der Waals surface area contributed by atoms with Gasteiger partial charge in [-0.05, 0) is 31.4 Å². The molecule has 1 aliphatic heterocycles. The van der Waals surface area contributed by atoms with E-state index in [-0.39, 0.29) is 11.9 Å². The van der Waals surface area contributed by atoms with Gasteiger partial charge < -0.3 is 14.7 Å². The molecule has 0 bridgehead atoms. The van der Waals surface area contributed by atoms with E-state index in [1.54, 1.807) is 0 Å². The summed E-state index contributed by atoms with van der Waals surface area (Å²) >= 11 is 6.02. The van der Waals surface area contributed by atoms with Crippen LogP contribution in [0.1, 0.15) is 44.4 Å². The third-order valence-corrected chi connectivity index (χ3v) is 4.62. The van der Waals surface area contributed by atoms with E-state index in [1.165, 1.54) is 0 Å². The Kier molecular flexibility index (Phi) is 5.91. The summed E-state index contributed by atoms with van der Waals surface area (Å²) in [4.78, 5) is 18.6. The van der Waals surface area contributed by atoms with Gasteiger partial charge in [0.05, 0.1) is 5.92 Å². The number of likely N-dealkylation sites (tertiary alicyclic amines) is 1. The van der Waals surface area contributed by atoms with Crippen LogP contribution < -0.4 is 5.32 Å². The van der Waals surface area contributed by atoms with Gasteiger partial charge in [-0.25, -0.2) is 4.79 Å². The first-order valence-corrected chi connectivity index (χ1v) is 9.17. The van der Waals surface area contributed by atoms with E-state index in [9.17, 15) is 4.79 Å². The van der Waals surface area contributed by atoms with Gasteiger partial charge in [0.1, 0.15) is 0 Å². The third-order valence-electron chi connectivity index (χ3n) is 4.39. The molecule has 2 aromatic rings. The zero-order valence-electron chi connectivity index (χ0n) is 14.4. The molecule has 7 heteroatoms. The predicted molar refractivity (Wildman–Crippen MR) is 96.6 cm³/mol.